The molecular weight excluding hydrogens is 608 g/mol. The Bertz CT molecular complexity index is 1700. The van der Waals surface area contributed by atoms with E-state index in [1.807, 2.05) is 36.1 Å². The molecule has 2 aliphatic rings. The molecule has 3 aromatic heterocycles. The van der Waals surface area contributed by atoms with Gasteiger partial charge in [-0.1, -0.05) is 5.16 Å². The monoisotopic (exact) mass is 634 g/mol. The summed E-state index contributed by atoms with van der Waals surface area (Å²) >= 11 is 0.970. The first-order valence-corrected chi connectivity index (χ1v) is 15.0. The van der Waals surface area contributed by atoms with E-state index in [4.69, 9.17) is 10.6 Å². The molecule has 3 aromatic rings. The van der Waals surface area contributed by atoms with Gasteiger partial charge in [-0.2, -0.15) is 15.0 Å². The van der Waals surface area contributed by atoms with E-state index in [0.29, 0.717) is 18.8 Å². The lowest BCUT2D eigenvalue weighted by Crippen LogP contribution is -2.73. The van der Waals surface area contributed by atoms with Gasteiger partial charge in [-0.05, 0) is 6.07 Å². The van der Waals surface area contributed by atoms with Gasteiger partial charge in [0.15, 0.2) is 33.5 Å². The van der Waals surface area contributed by atoms with Crippen molar-refractivity contribution in [2.24, 2.45) is 12.2 Å². The van der Waals surface area contributed by atoms with Gasteiger partial charge in [0.25, 0.3) is 11.8 Å². The number of thiazole rings is 1. The summed E-state index contributed by atoms with van der Waals surface area (Å²) in [5.74, 6) is -3.49. The third-order valence-corrected chi connectivity index (χ3v) is 8.26. The topological polar surface area (TPSA) is 251 Å². The second kappa shape index (κ2) is 11.6. The number of oxime groups is 1. The number of nitrogens with one attached hydrogen (secondary N) is 2. The van der Waals surface area contributed by atoms with Crippen LogP contribution in [0, 0.1) is 0 Å². The minimum atomic E-state index is -5.24. The van der Waals surface area contributed by atoms with Gasteiger partial charge < -0.3 is 30.9 Å². The third-order valence-electron chi connectivity index (χ3n) is 6.65. The van der Waals surface area contributed by atoms with Crippen LogP contribution in [0.2, 0.25) is 0 Å². The highest BCUT2D eigenvalue weighted by molar-refractivity contribution is 7.84. The molecule has 0 aromatic carbocycles. The molecule has 0 spiro atoms. The van der Waals surface area contributed by atoms with Crippen molar-refractivity contribution in [2.75, 3.05) is 5.73 Å². The number of β-lactam (4-membered cyclic amide) rings is 1. The number of carboxylic acids is 1. The maximum Gasteiger partial charge on any atom is 0.350 e. The summed E-state index contributed by atoms with van der Waals surface area (Å²) in [4.78, 5) is 47.7. The van der Waals surface area contributed by atoms with Gasteiger partial charge in [0.2, 0.25) is 5.60 Å². The molecule has 1 aliphatic carbocycles. The molecule has 5 N–H and O–H groups in total. The molecular formula is C23H26N10O8S2. The zero-order chi connectivity index (χ0) is 30.9. The molecule has 4 heterocycles. The Morgan fingerprint density at radius 3 is 2.77 bits per heavy atom. The Morgan fingerprint density at radius 1 is 1.37 bits per heavy atom. The first-order valence-electron chi connectivity index (χ1n) is 12.7. The number of nitrogens with zero attached hydrogens (tertiary/aromatic N) is 7. The largest absolute Gasteiger partial charge is 0.731 e. The first kappa shape index (κ1) is 29.9. The summed E-state index contributed by atoms with van der Waals surface area (Å²) in [5, 5.41) is 28.4. The van der Waals surface area contributed by atoms with Crippen LogP contribution >= 0.6 is 11.3 Å². The number of aliphatic carboxylic acids is 1. The van der Waals surface area contributed by atoms with Gasteiger partial charge in [-0.25, -0.2) is 27.1 Å². The average Bonchev–Trinajstić information content (AvgIpc) is 3.40. The molecule has 0 unspecified atom stereocenters. The van der Waals surface area contributed by atoms with Crippen LogP contribution in [0.4, 0.5) is 5.13 Å². The van der Waals surface area contributed by atoms with E-state index < -0.39 is 51.5 Å². The normalized spacial score (nSPS) is 19.5. The number of nitrogens with two attached hydrogens (primary N) is 1. The van der Waals surface area contributed by atoms with E-state index in [0.717, 1.165) is 21.7 Å². The van der Waals surface area contributed by atoms with Crippen LogP contribution < -0.4 is 20.9 Å². The van der Waals surface area contributed by atoms with Crippen molar-refractivity contribution >= 4 is 50.3 Å². The van der Waals surface area contributed by atoms with Crippen LogP contribution in [-0.2, 0) is 56.2 Å². The number of rotatable bonds is 13. The number of carbonyl (C=O) groups is 3. The number of hydrogen-bond donors (Lipinski definition) is 4. The van der Waals surface area contributed by atoms with Crippen LogP contribution in [0.3, 0.4) is 0 Å². The number of aryl methyl sites for hydroxylation is 1. The Morgan fingerprint density at radius 2 is 2.14 bits per heavy atom. The highest BCUT2D eigenvalue weighted by atomic mass is 32.2. The molecule has 2 fully saturated rings. The predicted molar refractivity (Wildman–Crippen MR) is 144 cm³/mol. The summed E-state index contributed by atoms with van der Waals surface area (Å²) in [6, 6.07) is 1.00. The number of hydrogen-bond acceptors (Lipinski definition) is 14. The van der Waals surface area contributed by atoms with E-state index >= 15 is 0 Å². The maximum absolute atomic E-state index is 13.2. The number of carbonyl (C=O) groups excluding carboxylic acids is 2. The molecule has 2 atom stereocenters. The fourth-order valence-corrected chi connectivity index (χ4v) is 5.69. The molecule has 2 amide bonds. The SMILES string of the molecule is C[n+]1cccc(CNCc2cnn(C[C@@H]3[C@H](NC(=O)C(=NOC4(C(=O)O)CC4)c4csc(N)n4)C(=O)N3S(=O)(=O)[O-])n2)c1. The minimum absolute atomic E-state index is 0.0621. The van der Waals surface area contributed by atoms with Gasteiger partial charge in [0, 0.05) is 42.9 Å². The molecule has 1 saturated heterocycles. The molecule has 0 radical (unpaired) electrons. The van der Waals surface area contributed by atoms with Crippen molar-refractivity contribution in [3.8, 4) is 0 Å². The predicted octanol–water partition coefficient (Wildman–Crippen LogP) is -2.37. The molecule has 1 aliphatic heterocycles. The number of carboxylic acid groups (broad SMARTS) is 1. The van der Waals surface area contributed by atoms with Gasteiger partial charge in [0.05, 0.1) is 24.5 Å². The van der Waals surface area contributed by atoms with E-state index in [2.05, 4.69) is 31.0 Å². The molecule has 18 nitrogen and oxygen atoms in total. The smallest absolute Gasteiger partial charge is 0.350 e. The lowest BCUT2D eigenvalue weighted by atomic mass is 9.98. The first-order chi connectivity index (χ1) is 20.4. The Balaban J connectivity index is 1.29. The van der Waals surface area contributed by atoms with Crippen molar-refractivity contribution < 1.29 is 41.9 Å². The van der Waals surface area contributed by atoms with Crippen LogP contribution in [0.1, 0.15) is 29.8 Å². The summed E-state index contributed by atoms with van der Waals surface area (Å²) in [6.07, 6.45) is 5.62. The van der Waals surface area contributed by atoms with Crippen molar-refractivity contribution in [3.05, 3.63) is 53.1 Å². The zero-order valence-corrected chi connectivity index (χ0v) is 24.1. The molecule has 228 valence electrons. The highest BCUT2D eigenvalue weighted by Gasteiger charge is 2.55. The highest BCUT2D eigenvalue weighted by Crippen LogP contribution is 2.40. The number of anilines is 1. The fraction of sp³-hybridized carbons (Fsp3) is 0.391. The number of nitrogen functional groups attached to an aromatic ring is 1. The Kier molecular flexibility index (Phi) is 8.10. The van der Waals surface area contributed by atoms with E-state index in [-0.39, 0.29) is 34.5 Å². The third kappa shape index (κ3) is 6.61. The van der Waals surface area contributed by atoms with Gasteiger partial charge in [0.1, 0.15) is 18.8 Å². The molecule has 1 saturated carbocycles. The Labute approximate surface area is 248 Å². The second-order valence-corrected chi connectivity index (χ2v) is 12.0. The average molecular weight is 635 g/mol. The molecule has 20 heteroatoms. The number of amides is 2. The zero-order valence-electron chi connectivity index (χ0n) is 22.5. The van der Waals surface area contributed by atoms with Gasteiger partial charge >= 0.3 is 5.97 Å². The van der Waals surface area contributed by atoms with Gasteiger partial charge in [-0.3, -0.25) is 9.59 Å². The summed E-state index contributed by atoms with van der Waals surface area (Å²) in [7, 11) is -3.34. The number of pyridine rings is 1. The maximum atomic E-state index is 13.2. The van der Waals surface area contributed by atoms with Crippen molar-refractivity contribution in [2.45, 2.75) is 50.2 Å². The van der Waals surface area contributed by atoms with Crippen LogP contribution in [0.5, 0.6) is 0 Å². The van der Waals surface area contributed by atoms with Crippen LogP contribution in [-0.4, -0.2) is 83.5 Å². The molecule has 43 heavy (non-hydrogen) atoms. The number of aromatic nitrogens is 5. The van der Waals surface area contributed by atoms with E-state index in [1.54, 1.807) is 0 Å². The second-order valence-electron chi connectivity index (χ2n) is 9.88. The summed E-state index contributed by atoms with van der Waals surface area (Å²) in [5.41, 5.74) is 5.05. The van der Waals surface area contributed by atoms with Crippen LogP contribution in [0.25, 0.3) is 0 Å². The minimum Gasteiger partial charge on any atom is -0.731 e. The van der Waals surface area contributed by atoms with E-state index in [1.165, 1.54) is 11.6 Å². The quantitative estimate of drug-likeness (QED) is 0.0505. The molecule has 0 bridgehead atoms. The lowest BCUT2D eigenvalue weighted by Gasteiger charge is -2.46. The summed E-state index contributed by atoms with van der Waals surface area (Å²) in [6.45, 7) is 0.516. The standard InChI is InChI=1S/C23H26N10O8S2/c1-31-6-2-3-13(10-31)7-25-8-14-9-26-32(29-14)11-16-18(20(35)33(16)43(38,39)40)28-19(34)17(15-12-42-22(24)27-15)30-41-23(4-5-23)21(36)37/h2-3,6,9-10,12,16,18,25H,4-5,7-8,11H2,1H3,(H4-,24,27,28,34,36,37,38,39,40)/t16-,18+/m1/s1. The lowest BCUT2D eigenvalue weighted by molar-refractivity contribution is -0.671. The Hall–Kier alpha value is -4.53. The van der Waals surface area contributed by atoms with Crippen molar-refractivity contribution in [1.29, 1.82) is 0 Å². The van der Waals surface area contributed by atoms with Gasteiger partial charge in [-0.15, -0.1) is 11.3 Å². The summed E-state index contributed by atoms with van der Waals surface area (Å²) < 4.78 is 37.6. The van der Waals surface area contributed by atoms with E-state index in [9.17, 15) is 32.5 Å². The molecule has 5 rings (SSSR count). The van der Waals surface area contributed by atoms with Crippen molar-refractivity contribution in [3.63, 3.8) is 0 Å². The fourth-order valence-electron chi connectivity index (χ4n) is 4.29. The van der Waals surface area contributed by atoms with Crippen molar-refractivity contribution in [1.82, 2.24) is 34.9 Å². The van der Waals surface area contributed by atoms with Crippen LogP contribution in [0.15, 0.2) is 41.3 Å².